The Balaban J connectivity index is 2.03. The lowest BCUT2D eigenvalue weighted by Crippen LogP contribution is -2.41. The van der Waals surface area contributed by atoms with Gasteiger partial charge in [0.15, 0.2) is 5.17 Å². The number of carbonyl (C=O) groups is 1. The van der Waals surface area contributed by atoms with Crippen LogP contribution in [-0.4, -0.2) is 27.3 Å². The van der Waals surface area contributed by atoms with E-state index in [0.717, 1.165) is 5.71 Å². The highest BCUT2D eigenvalue weighted by atomic mass is 32.2. The standard InChI is InChI=1S/C14H16N4O2S/c1-8(2)16-17-13-15-14(20)10-6-4-5-7-11(10)18(9(3)19)12(14)21-13/h4-7,12,20H,1-3H3,(H,15,17). The van der Waals surface area contributed by atoms with E-state index in [2.05, 4.69) is 15.5 Å². The minimum absolute atomic E-state index is 0.123. The van der Waals surface area contributed by atoms with Gasteiger partial charge in [-0.3, -0.25) is 15.1 Å². The number of fused-ring (bicyclic) bond motifs is 3. The molecule has 1 aromatic carbocycles. The molecule has 6 nitrogen and oxygen atoms in total. The third kappa shape index (κ3) is 2.13. The second-order valence-electron chi connectivity index (χ2n) is 5.19. The van der Waals surface area contributed by atoms with Crippen LogP contribution in [0.5, 0.6) is 0 Å². The number of hydrazone groups is 1. The molecule has 0 saturated heterocycles. The molecule has 0 aliphatic carbocycles. The summed E-state index contributed by atoms with van der Waals surface area (Å²) < 4.78 is 0. The van der Waals surface area contributed by atoms with E-state index in [4.69, 9.17) is 0 Å². The molecule has 110 valence electrons. The number of para-hydroxylation sites is 1. The Labute approximate surface area is 126 Å². The number of carbonyl (C=O) groups excluding carboxylic acids is 1. The molecule has 3 rings (SSSR count). The third-order valence-corrected chi connectivity index (χ3v) is 4.52. The third-order valence-electron chi connectivity index (χ3n) is 3.35. The monoisotopic (exact) mass is 304 g/mol. The molecule has 2 N–H and O–H groups in total. The number of anilines is 1. The highest BCUT2D eigenvalue weighted by molar-refractivity contribution is 8.14. The van der Waals surface area contributed by atoms with Crippen LogP contribution in [0.1, 0.15) is 26.3 Å². The molecular formula is C14H16N4O2S. The first-order chi connectivity index (χ1) is 9.93. The van der Waals surface area contributed by atoms with Crippen LogP contribution in [0.25, 0.3) is 0 Å². The Kier molecular flexibility index (Phi) is 3.26. The number of rotatable bonds is 1. The highest BCUT2D eigenvalue weighted by Gasteiger charge is 2.56. The molecule has 0 saturated carbocycles. The van der Waals surface area contributed by atoms with Crippen LogP contribution >= 0.6 is 11.8 Å². The number of nitrogens with one attached hydrogen (secondary N) is 1. The summed E-state index contributed by atoms with van der Waals surface area (Å²) in [4.78, 5) is 17.9. The molecule has 2 aliphatic rings. The summed E-state index contributed by atoms with van der Waals surface area (Å²) in [6, 6.07) is 7.30. The van der Waals surface area contributed by atoms with E-state index < -0.39 is 11.1 Å². The van der Waals surface area contributed by atoms with E-state index in [-0.39, 0.29) is 5.91 Å². The van der Waals surface area contributed by atoms with Crippen molar-refractivity contribution in [2.75, 3.05) is 4.90 Å². The normalized spacial score (nSPS) is 26.0. The zero-order valence-electron chi connectivity index (χ0n) is 12.0. The smallest absolute Gasteiger partial charge is 0.225 e. The number of amidine groups is 1. The Morgan fingerprint density at radius 2 is 2.14 bits per heavy atom. The van der Waals surface area contributed by atoms with E-state index in [9.17, 15) is 9.90 Å². The van der Waals surface area contributed by atoms with E-state index >= 15 is 0 Å². The van der Waals surface area contributed by atoms with Crippen molar-refractivity contribution in [3.05, 3.63) is 29.8 Å². The van der Waals surface area contributed by atoms with Gasteiger partial charge in [0.25, 0.3) is 0 Å². The summed E-state index contributed by atoms with van der Waals surface area (Å²) in [7, 11) is 0. The van der Waals surface area contributed by atoms with Crippen LogP contribution in [0.4, 0.5) is 5.69 Å². The Morgan fingerprint density at radius 3 is 2.81 bits per heavy atom. The fourth-order valence-electron chi connectivity index (χ4n) is 2.52. The number of amides is 1. The number of aliphatic hydroxyl groups is 1. The lowest BCUT2D eigenvalue weighted by atomic mass is 10.1. The SMILES string of the molecule is CC(=O)N1c2ccccc2C2(O)N=C(NN=C(C)C)SC12. The molecule has 7 heteroatoms. The van der Waals surface area contributed by atoms with Crippen LogP contribution in [0.2, 0.25) is 0 Å². The average molecular weight is 304 g/mol. The predicted molar refractivity (Wildman–Crippen MR) is 84.2 cm³/mol. The molecule has 2 heterocycles. The Hall–Kier alpha value is -1.86. The Bertz CT molecular complexity index is 669. The van der Waals surface area contributed by atoms with Gasteiger partial charge in [0, 0.05) is 18.2 Å². The minimum Gasteiger partial charge on any atom is -0.363 e. The average Bonchev–Trinajstić information content (AvgIpc) is 2.86. The minimum atomic E-state index is -1.42. The molecule has 0 fully saturated rings. The predicted octanol–water partition coefficient (Wildman–Crippen LogP) is 1.61. The van der Waals surface area contributed by atoms with Crippen LogP contribution in [0, 0.1) is 0 Å². The summed E-state index contributed by atoms with van der Waals surface area (Å²) in [5.41, 5.74) is 3.61. The summed E-state index contributed by atoms with van der Waals surface area (Å²) >= 11 is 1.30. The van der Waals surface area contributed by atoms with Crippen molar-refractivity contribution in [3.63, 3.8) is 0 Å². The highest BCUT2D eigenvalue weighted by Crippen LogP contribution is 2.52. The van der Waals surface area contributed by atoms with Gasteiger partial charge < -0.3 is 5.11 Å². The molecule has 0 spiro atoms. The fraction of sp³-hybridized carbons (Fsp3) is 0.357. The number of hydrogen-bond acceptors (Lipinski definition) is 6. The lowest BCUT2D eigenvalue weighted by molar-refractivity contribution is -0.117. The number of aliphatic imine (C=N–C) groups is 1. The number of thioether (sulfide) groups is 1. The van der Waals surface area contributed by atoms with Crippen molar-refractivity contribution in [1.29, 1.82) is 0 Å². The van der Waals surface area contributed by atoms with Crippen LogP contribution < -0.4 is 10.3 Å². The van der Waals surface area contributed by atoms with Gasteiger partial charge in [0.2, 0.25) is 11.6 Å². The first kappa shape index (κ1) is 14.1. The molecule has 2 aliphatic heterocycles. The molecule has 0 bridgehead atoms. The van der Waals surface area contributed by atoms with Gasteiger partial charge in [-0.25, -0.2) is 4.99 Å². The van der Waals surface area contributed by atoms with Crippen molar-refractivity contribution in [3.8, 4) is 0 Å². The first-order valence-electron chi connectivity index (χ1n) is 6.58. The van der Waals surface area contributed by atoms with Crippen molar-refractivity contribution in [2.45, 2.75) is 31.9 Å². The van der Waals surface area contributed by atoms with Gasteiger partial charge in [-0.05, 0) is 19.9 Å². The molecule has 2 unspecified atom stereocenters. The second-order valence-corrected chi connectivity index (χ2v) is 6.26. The lowest BCUT2D eigenvalue weighted by Gasteiger charge is -2.24. The quantitative estimate of drug-likeness (QED) is 0.610. The largest absolute Gasteiger partial charge is 0.363 e. The maximum Gasteiger partial charge on any atom is 0.225 e. The molecule has 21 heavy (non-hydrogen) atoms. The van der Waals surface area contributed by atoms with Gasteiger partial charge in [0.05, 0.1) is 5.69 Å². The summed E-state index contributed by atoms with van der Waals surface area (Å²) in [5.74, 6) is -0.123. The van der Waals surface area contributed by atoms with E-state index in [1.54, 1.807) is 11.0 Å². The van der Waals surface area contributed by atoms with Crippen molar-refractivity contribution >= 4 is 34.2 Å². The summed E-state index contributed by atoms with van der Waals surface area (Å²) in [5, 5.41) is 15.0. The van der Waals surface area contributed by atoms with Gasteiger partial charge >= 0.3 is 0 Å². The van der Waals surface area contributed by atoms with Crippen molar-refractivity contribution in [1.82, 2.24) is 5.43 Å². The zero-order chi connectivity index (χ0) is 15.2. The molecule has 2 atom stereocenters. The molecule has 0 aromatic heterocycles. The van der Waals surface area contributed by atoms with Gasteiger partial charge in [-0.1, -0.05) is 30.0 Å². The van der Waals surface area contributed by atoms with Crippen LogP contribution in [0.3, 0.4) is 0 Å². The van der Waals surface area contributed by atoms with Crippen LogP contribution in [0.15, 0.2) is 34.4 Å². The topological polar surface area (TPSA) is 77.3 Å². The maximum absolute atomic E-state index is 12.0. The molecular weight excluding hydrogens is 288 g/mol. The summed E-state index contributed by atoms with van der Waals surface area (Å²) in [6.07, 6.45) is 0. The van der Waals surface area contributed by atoms with Crippen molar-refractivity contribution < 1.29 is 9.90 Å². The van der Waals surface area contributed by atoms with Gasteiger partial charge in [0.1, 0.15) is 5.37 Å². The van der Waals surface area contributed by atoms with Crippen molar-refractivity contribution in [2.24, 2.45) is 10.1 Å². The van der Waals surface area contributed by atoms with Gasteiger partial charge in [-0.15, -0.1) is 0 Å². The Morgan fingerprint density at radius 1 is 1.43 bits per heavy atom. The fourth-order valence-corrected chi connectivity index (χ4v) is 3.73. The molecule has 0 radical (unpaired) electrons. The molecule has 1 aromatic rings. The van der Waals surface area contributed by atoms with E-state index in [1.807, 2.05) is 32.0 Å². The second kappa shape index (κ2) is 4.85. The maximum atomic E-state index is 12.0. The molecule has 1 amide bonds. The number of hydrogen-bond donors (Lipinski definition) is 2. The van der Waals surface area contributed by atoms with E-state index in [1.165, 1.54) is 18.7 Å². The van der Waals surface area contributed by atoms with E-state index in [0.29, 0.717) is 16.4 Å². The summed E-state index contributed by atoms with van der Waals surface area (Å²) in [6.45, 7) is 5.21. The van der Waals surface area contributed by atoms with Gasteiger partial charge in [-0.2, -0.15) is 5.10 Å². The van der Waals surface area contributed by atoms with Crippen LogP contribution in [-0.2, 0) is 10.5 Å². The zero-order valence-corrected chi connectivity index (χ0v) is 12.8. The number of nitrogens with zero attached hydrogens (tertiary/aromatic N) is 3. The number of benzene rings is 1. The first-order valence-corrected chi connectivity index (χ1v) is 7.46.